The Hall–Kier alpha value is -3.74. The van der Waals surface area contributed by atoms with E-state index in [9.17, 15) is 14.0 Å². The van der Waals surface area contributed by atoms with E-state index in [1.165, 1.54) is 12.1 Å². The standard InChI is InChI=1S/C27H28FN3O3/c1-18-6-11-24(26(32)29-17-19-4-3-5-22(28)16-19)25(30-18)20-12-14-31(15-13-20)27(33)21-7-9-23(34-2)10-8-21/h3-11,16,20H,12-15,17H2,1-2H3,(H,29,32). The molecule has 0 atom stereocenters. The number of piperidine rings is 1. The minimum absolute atomic E-state index is 0.00800. The number of benzene rings is 2. The van der Waals surface area contributed by atoms with Gasteiger partial charge in [-0.2, -0.15) is 0 Å². The number of nitrogens with one attached hydrogen (secondary N) is 1. The van der Waals surface area contributed by atoms with Gasteiger partial charge in [-0.05, 0) is 73.9 Å². The van der Waals surface area contributed by atoms with E-state index in [4.69, 9.17) is 9.72 Å². The number of amides is 2. The number of aryl methyl sites for hydroxylation is 1. The Balaban J connectivity index is 1.42. The zero-order chi connectivity index (χ0) is 24.1. The van der Waals surface area contributed by atoms with Gasteiger partial charge in [0.1, 0.15) is 11.6 Å². The fraction of sp³-hybridized carbons (Fsp3) is 0.296. The third-order valence-corrected chi connectivity index (χ3v) is 6.16. The van der Waals surface area contributed by atoms with Crippen molar-refractivity contribution in [3.8, 4) is 5.75 Å². The molecule has 2 aromatic carbocycles. The molecule has 1 fully saturated rings. The molecular weight excluding hydrogens is 433 g/mol. The number of methoxy groups -OCH3 is 1. The van der Waals surface area contributed by atoms with Gasteiger partial charge in [-0.25, -0.2) is 4.39 Å². The molecule has 6 nitrogen and oxygen atoms in total. The van der Waals surface area contributed by atoms with Crippen LogP contribution in [-0.2, 0) is 6.54 Å². The van der Waals surface area contributed by atoms with Gasteiger partial charge in [0, 0.05) is 36.8 Å². The molecule has 176 valence electrons. The van der Waals surface area contributed by atoms with E-state index in [-0.39, 0.29) is 30.1 Å². The van der Waals surface area contributed by atoms with Gasteiger partial charge in [-0.1, -0.05) is 12.1 Å². The summed E-state index contributed by atoms with van der Waals surface area (Å²) >= 11 is 0. The van der Waals surface area contributed by atoms with Gasteiger partial charge in [0.15, 0.2) is 0 Å². The van der Waals surface area contributed by atoms with Gasteiger partial charge in [-0.15, -0.1) is 0 Å². The number of halogens is 1. The number of carbonyl (C=O) groups excluding carboxylic acids is 2. The molecule has 0 radical (unpaired) electrons. The average Bonchev–Trinajstić information content (AvgIpc) is 2.87. The molecule has 1 aliphatic rings. The highest BCUT2D eigenvalue weighted by molar-refractivity contribution is 5.96. The van der Waals surface area contributed by atoms with E-state index >= 15 is 0 Å². The largest absolute Gasteiger partial charge is 0.497 e. The zero-order valence-corrected chi connectivity index (χ0v) is 19.4. The van der Waals surface area contributed by atoms with Crippen molar-refractivity contribution < 1.29 is 18.7 Å². The molecule has 3 aromatic rings. The van der Waals surface area contributed by atoms with Crippen LogP contribution in [0.15, 0.2) is 60.7 Å². The first-order valence-electron chi connectivity index (χ1n) is 11.4. The molecule has 0 bridgehead atoms. The number of aromatic nitrogens is 1. The first kappa shape index (κ1) is 23.4. The number of ether oxygens (including phenoxy) is 1. The number of likely N-dealkylation sites (tertiary alicyclic amines) is 1. The second-order valence-corrected chi connectivity index (χ2v) is 8.49. The first-order chi connectivity index (χ1) is 16.4. The molecule has 4 rings (SSSR count). The maximum atomic E-state index is 13.4. The summed E-state index contributed by atoms with van der Waals surface area (Å²) in [6.07, 6.45) is 1.45. The molecule has 0 saturated carbocycles. The lowest BCUT2D eigenvalue weighted by Gasteiger charge is -2.32. The van der Waals surface area contributed by atoms with Gasteiger partial charge in [0.2, 0.25) is 0 Å². The highest BCUT2D eigenvalue weighted by Gasteiger charge is 2.28. The molecule has 0 unspecified atom stereocenters. The van der Waals surface area contributed by atoms with Crippen molar-refractivity contribution in [2.24, 2.45) is 0 Å². The minimum atomic E-state index is -0.333. The van der Waals surface area contributed by atoms with E-state index in [0.29, 0.717) is 35.5 Å². The van der Waals surface area contributed by atoms with Crippen LogP contribution in [0.1, 0.15) is 56.4 Å². The van der Waals surface area contributed by atoms with E-state index in [0.717, 1.165) is 24.2 Å². The fourth-order valence-electron chi connectivity index (χ4n) is 4.28. The second kappa shape index (κ2) is 10.5. The predicted octanol–water partition coefficient (Wildman–Crippen LogP) is 4.49. The molecule has 0 spiro atoms. The van der Waals surface area contributed by atoms with E-state index in [1.807, 2.05) is 17.9 Å². The first-order valence-corrected chi connectivity index (χ1v) is 11.4. The summed E-state index contributed by atoms with van der Waals surface area (Å²) in [4.78, 5) is 32.4. The number of carbonyl (C=O) groups is 2. The summed E-state index contributed by atoms with van der Waals surface area (Å²) in [7, 11) is 1.59. The molecule has 2 heterocycles. The fourth-order valence-corrected chi connectivity index (χ4v) is 4.28. The minimum Gasteiger partial charge on any atom is -0.497 e. The zero-order valence-electron chi connectivity index (χ0n) is 19.4. The topological polar surface area (TPSA) is 71.5 Å². The van der Waals surface area contributed by atoms with Gasteiger partial charge >= 0.3 is 0 Å². The molecule has 34 heavy (non-hydrogen) atoms. The molecular formula is C27H28FN3O3. The molecule has 1 saturated heterocycles. The van der Waals surface area contributed by atoms with Crippen LogP contribution in [0.3, 0.4) is 0 Å². The summed E-state index contributed by atoms with van der Waals surface area (Å²) in [5, 5.41) is 2.88. The van der Waals surface area contributed by atoms with Crippen molar-refractivity contribution >= 4 is 11.8 Å². The normalized spacial score (nSPS) is 14.0. The average molecular weight is 462 g/mol. The number of pyridine rings is 1. The van der Waals surface area contributed by atoms with Crippen molar-refractivity contribution in [1.82, 2.24) is 15.2 Å². The van der Waals surface area contributed by atoms with Crippen LogP contribution >= 0.6 is 0 Å². The van der Waals surface area contributed by atoms with Crippen molar-refractivity contribution in [1.29, 1.82) is 0 Å². The van der Waals surface area contributed by atoms with Crippen LogP contribution in [0.2, 0.25) is 0 Å². The van der Waals surface area contributed by atoms with Crippen LogP contribution in [0.4, 0.5) is 4.39 Å². The van der Waals surface area contributed by atoms with Crippen molar-refractivity contribution in [3.05, 3.63) is 94.6 Å². The van der Waals surface area contributed by atoms with Gasteiger partial charge in [0.25, 0.3) is 11.8 Å². The van der Waals surface area contributed by atoms with Crippen LogP contribution in [0.25, 0.3) is 0 Å². The summed E-state index contributed by atoms with van der Waals surface area (Å²) < 4.78 is 18.6. The highest BCUT2D eigenvalue weighted by atomic mass is 19.1. The molecule has 2 amide bonds. The maximum Gasteiger partial charge on any atom is 0.253 e. The molecule has 1 aliphatic heterocycles. The summed E-state index contributed by atoms with van der Waals surface area (Å²) in [6, 6.07) is 16.9. The molecule has 7 heteroatoms. The Morgan fingerprint density at radius 3 is 2.50 bits per heavy atom. The third-order valence-electron chi connectivity index (χ3n) is 6.16. The van der Waals surface area contributed by atoms with Gasteiger partial charge in [-0.3, -0.25) is 14.6 Å². The summed E-state index contributed by atoms with van der Waals surface area (Å²) in [5.41, 5.74) is 3.45. The van der Waals surface area contributed by atoms with Crippen molar-refractivity contribution in [2.75, 3.05) is 20.2 Å². The Morgan fingerprint density at radius 1 is 1.09 bits per heavy atom. The summed E-state index contributed by atoms with van der Waals surface area (Å²) in [6.45, 7) is 3.32. The van der Waals surface area contributed by atoms with Gasteiger partial charge in [0.05, 0.1) is 18.4 Å². The number of hydrogen-bond acceptors (Lipinski definition) is 4. The van der Waals surface area contributed by atoms with Crippen molar-refractivity contribution in [3.63, 3.8) is 0 Å². The van der Waals surface area contributed by atoms with Gasteiger partial charge < -0.3 is 15.0 Å². The quantitative estimate of drug-likeness (QED) is 0.587. The lowest BCUT2D eigenvalue weighted by Crippen LogP contribution is -2.38. The number of hydrogen-bond donors (Lipinski definition) is 1. The second-order valence-electron chi connectivity index (χ2n) is 8.49. The van der Waals surface area contributed by atoms with E-state index in [1.54, 1.807) is 49.6 Å². The molecule has 1 N–H and O–H groups in total. The molecule has 1 aromatic heterocycles. The van der Waals surface area contributed by atoms with E-state index < -0.39 is 0 Å². The third kappa shape index (κ3) is 5.42. The highest BCUT2D eigenvalue weighted by Crippen LogP contribution is 2.30. The van der Waals surface area contributed by atoms with Crippen LogP contribution in [0, 0.1) is 12.7 Å². The Kier molecular flexibility index (Phi) is 7.21. The smallest absolute Gasteiger partial charge is 0.253 e. The Morgan fingerprint density at radius 2 is 1.82 bits per heavy atom. The Bertz CT molecular complexity index is 1170. The lowest BCUT2D eigenvalue weighted by molar-refractivity contribution is 0.0710. The van der Waals surface area contributed by atoms with Crippen LogP contribution in [-0.4, -0.2) is 41.9 Å². The van der Waals surface area contributed by atoms with Crippen LogP contribution in [0.5, 0.6) is 5.75 Å². The lowest BCUT2D eigenvalue weighted by atomic mass is 9.89. The Labute approximate surface area is 198 Å². The monoisotopic (exact) mass is 461 g/mol. The van der Waals surface area contributed by atoms with Crippen molar-refractivity contribution in [2.45, 2.75) is 32.2 Å². The summed E-state index contributed by atoms with van der Waals surface area (Å²) in [5.74, 6) is 0.217. The maximum absolute atomic E-state index is 13.4. The molecule has 0 aliphatic carbocycles. The number of nitrogens with zero attached hydrogens (tertiary/aromatic N) is 2. The number of rotatable bonds is 6. The van der Waals surface area contributed by atoms with E-state index in [2.05, 4.69) is 5.32 Å². The SMILES string of the molecule is COc1ccc(C(=O)N2CCC(c3nc(C)ccc3C(=O)NCc3cccc(F)c3)CC2)cc1. The van der Waals surface area contributed by atoms with Crippen LogP contribution < -0.4 is 10.1 Å². The predicted molar refractivity (Wildman–Crippen MR) is 127 cm³/mol.